The maximum Gasteiger partial charge on any atom is 0.115 e. The van der Waals surface area contributed by atoms with Crippen molar-refractivity contribution in [2.75, 3.05) is 6.54 Å². The number of nitrogens with zero attached hydrogens (tertiary/aromatic N) is 3. The molecule has 0 unspecified atom stereocenters. The monoisotopic (exact) mass is 205 g/mol. The number of aromatic nitrogens is 2. The summed E-state index contributed by atoms with van der Waals surface area (Å²) in [5, 5.41) is 0. The zero-order valence-electron chi connectivity index (χ0n) is 9.99. The molecule has 0 aliphatic carbocycles. The third-order valence-corrected chi connectivity index (χ3v) is 3.38. The fraction of sp³-hybridized carbons (Fsp3) is 0.667. The van der Waals surface area contributed by atoms with Crippen LogP contribution < -0.4 is 0 Å². The third kappa shape index (κ3) is 1.65. The molecule has 0 atom stereocenters. The molecular formula is C12H19N3. The van der Waals surface area contributed by atoms with Gasteiger partial charge in [-0.15, -0.1) is 0 Å². The Labute approximate surface area is 91.5 Å². The SMILES string of the molecule is CC(C)N1CCc2ncncc2C1(C)C. The predicted molar refractivity (Wildman–Crippen MR) is 60.6 cm³/mol. The first-order valence-corrected chi connectivity index (χ1v) is 5.59. The number of fused-ring (bicyclic) bond motifs is 1. The van der Waals surface area contributed by atoms with Crippen LogP contribution in [0.25, 0.3) is 0 Å². The van der Waals surface area contributed by atoms with Crippen LogP contribution >= 0.6 is 0 Å². The molecule has 2 rings (SSSR count). The van der Waals surface area contributed by atoms with Crippen molar-refractivity contribution in [3.63, 3.8) is 0 Å². The van der Waals surface area contributed by atoms with E-state index >= 15 is 0 Å². The molecule has 0 radical (unpaired) electrons. The summed E-state index contributed by atoms with van der Waals surface area (Å²) in [6, 6.07) is 0.563. The van der Waals surface area contributed by atoms with E-state index in [9.17, 15) is 0 Å². The van der Waals surface area contributed by atoms with Crippen molar-refractivity contribution < 1.29 is 0 Å². The minimum Gasteiger partial charge on any atom is -0.291 e. The molecule has 3 heteroatoms. The van der Waals surface area contributed by atoms with Crippen molar-refractivity contribution in [3.05, 3.63) is 23.8 Å². The minimum absolute atomic E-state index is 0.0585. The van der Waals surface area contributed by atoms with Crippen LogP contribution in [0.1, 0.15) is 39.0 Å². The lowest BCUT2D eigenvalue weighted by atomic mass is 9.86. The molecule has 82 valence electrons. The topological polar surface area (TPSA) is 29.0 Å². The summed E-state index contributed by atoms with van der Waals surface area (Å²) in [5.41, 5.74) is 2.56. The lowest BCUT2D eigenvalue weighted by Gasteiger charge is -2.45. The summed E-state index contributed by atoms with van der Waals surface area (Å²) in [6.07, 6.45) is 4.66. The maximum atomic E-state index is 4.37. The van der Waals surface area contributed by atoms with Gasteiger partial charge in [-0.05, 0) is 27.7 Å². The van der Waals surface area contributed by atoms with Gasteiger partial charge in [-0.1, -0.05) is 0 Å². The summed E-state index contributed by atoms with van der Waals surface area (Å²) in [7, 11) is 0. The molecule has 0 amide bonds. The van der Waals surface area contributed by atoms with Crippen molar-refractivity contribution in [1.82, 2.24) is 14.9 Å². The van der Waals surface area contributed by atoms with Crippen LogP contribution in [0, 0.1) is 0 Å². The van der Waals surface area contributed by atoms with E-state index in [0.717, 1.165) is 13.0 Å². The number of rotatable bonds is 1. The van der Waals surface area contributed by atoms with Crippen LogP contribution in [0.3, 0.4) is 0 Å². The van der Waals surface area contributed by atoms with Gasteiger partial charge >= 0.3 is 0 Å². The fourth-order valence-corrected chi connectivity index (χ4v) is 2.63. The van der Waals surface area contributed by atoms with Gasteiger partial charge in [0.15, 0.2) is 0 Å². The van der Waals surface area contributed by atoms with Gasteiger partial charge < -0.3 is 0 Å². The number of hydrogen-bond donors (Lipinski definition) is 0. The molecule has 15 heavy (non-hydrogen) atoms. The van der Waals surface area contributed by atoms with Crippen molar-refractivity contribution in [3.8, 4) is 0 Å². The molecule has 0 N–H and O–H groups in total. The molecule has 1 aliphatic heterocycles. The smallest absolute Gasteiger partial charge is 0.115 e. The molecule has 1 aromatic rings. The largest absolute Gasteiger partial charge is 0.291 e. The summed E-state index contributed by atoms with van der Waals surface area (Å²) < 4.78 is 0. The highest BCUT2D eigenvalue weighted by Gasteiger charge is 2.36. The van der Waals surface area contributed by atoms with Crippen LogP contribution in [0.4, 0.5) is 0 Å². The standard InChI is InChI=1S/C12H19N3/c1-9(2)15-6-5-11-10(12(15,3)4)7-13-8-14-11/h7-9H,5-6H2,1-4H3. The summed E-state index contributed by atoms with van der Waals surface area (Å²) in [5.74, 6) is 0. The summed E-state index contributed by atoms with van der Waals surface area (Å²) in [4.78, 5) is 11.0. The lowest BCUT2D eigenvalue weighted by molar-refractivity contribution is 0.0705. The van der Waals surface area contributed by atoms with Gasteiger partial charge in [-0.3, -0.25) is 4.90 Å². The highest BCUT2D eigenvalue weighted by atomic mass is 15.2. The molecule has 0 spiro atoms. The summed E-state index contributed by atoms with van der Waals surface area (Å²) >= 11 is 0. The average molecular weight is 205 g/mol. The first-order valence-electron chi connectivity index (χ1n) is 5.59. The average Bonchev–Trinajstić information content (AvgIpc) is 2.17. The van der Waals surface area contributed by atoms with Crippen LogP contribution in [-0.4, -0.2) is 27.5 Å². The molecular weight excluding hydrogens is 186 g/mol. The molecule has 0 saturated carbocycles. The number of hydrogen-bond acceptors (Lipinski definition) is 3. The molecule has 0 bridgehead atoms. The van der Waals surface area contributed by atoms with Crippen molar-refractivity contribution in [1.29, 1.82) is 0 Å². The van der Waals surface area contributed by atoms with Gasteiger partial charge in [0.2, 0.25) is 0 Å². The third-order valence-electron chi connectivity index (χ3n) is 3.38. The molecule has 0 aromatic carbocycles. The zero-order valence-corrected chi connectivity index (χ0v) is 9.99. The normalized spacial score (nSPS) is 20.3. The van der Waals surface area contributed by atoms with Gasteiger partial charge in [0, 0.05) is 36.3 Å². The van der Waals surface area contributed by atoms with Crippen LogP contribution in [0.5, 0.6) is 0 Å². The predicted octanol–water partition coefficient (Wildman–Crippen LogP) is 1.98. The van der Waals surface area contributed by atoms with E-state index in [4.69, 9.17) is 0 Å². The van der Waals surface area contributed by atoms with Gasteiger partial charge in [0.25, 0.3) is 0 Å². The van der Waals surface area contributed by atoms with E-state index in [1.807, 2.05) is 6.20 Å². The van der Waals surface area contributed by atoms with Crippen LogP contribution in [0.2, 0.25) is 0 Å². The Hall–Kier alpha value is -0.960. The lowest BCUT2D eigenvalue weighted by Crippen LogP contribution is -2.50. The minimum atomic E-state index is 0.0585. The van der Waals surface area contributed by atoms with Gasteiger partial charge in [0.1, 0.15) is 6.33 Å². The van der Waals surface area contributed by atoms with Crippen LogP contribution in [0.15, 0.2) is 12.5 Å². The van der Waals surface area contributed by atoms with Gasteiger partial charge in [0.05, 0.1) is 5.69 Å². The highest BCUT2D eigenvalue weighted by Crippen LogP contribution is 2.34. The molecule has 0 fully saturated rings. The van der Waals surface area contributed by atoms with E-state index in [1.165, 1.54) is 11.3 Å². The molecule has 2 heterocycles. The second-order valence-corrected chi connectivity index (χ2v) is 4.98. The van der Waals surface area contributed by atoms with E-state index in [1.54, 1.807) is 6.33 Å². The van der Waals surface area contributed by atoms with Gasteiger partial charge in [-0.25, -0.2) is 9.97 Å². The van der Waals surface area contributed by atoms with E-state index < -0.39 is 0 Å². The Morgan fingerprint density at radius 2 is 2.13 bits per heavy atom. The van der Waals surface area contributed by atoms with Crippen LogP contribution in [-0.2, 0) is 12.0 Å². The quantitative estimate of drug-likeness (QED) is 0.702. The van der Waals surface area contributed by atoms with E-state index in [0.29, 0.717) is 6.04 Å². The van der Waals surface area contributed by atoms with Crippen molar-refractivity contribution in [2.24, 2.45) is 0 Å². The van der Waals surface area contributed by atoms with Crippen molar-refractivity contribution in [2.45, 2.75) is 45.7 Å². The highest BCUT2D eigenvalue weighted by molar-refractivity contribution is 5.27. The zero-order chi connectivity index (χ0) is 11.1. The molecule has 1 aromatic heterocycles. The second kappa shape index (κ2) is 3.56. The Kier molecular flexibility index (Phi) is 2.51. The summed E-state index contributed by atoms with van der Waals surface area (Å²) in [6.45, 7) is 10.1. The molecule has 1 aliphatic rings. The molecule has 0 saturated heterocycles. The Morgan fingerprint density at radius 3 is 2.80 bits per heavy atom. The second-order valence-electron chi connectivity index (χ2n) is 4.98. The first-order chi connectivity index (χ1) is 7.03. The van der Waals surface area contributed by atoms with Crippen molar-refractivity contribution >= 4 is 0 Å². The Bertz CT molecular complexity index is 358. The maximum absolute atomic E-state index is 4.37. The first kappa shape index (κ1) is 10.6. The Balaban J connectivity index is 2.44. The van der Waals surface area contributed by atoms with E-state index in [-0.39, 0.29) is 5.54 Å². The van der Waals surface area contributed by atoms with E-state index in [2.05, 4.69) is 42.6 Å². The van der Waals surface area contributed by atoms with Gasteiger partial charge in [-0.2, -0.15) is 0 Å². The Morgan fingerprint density at radius 1 is 1.40 bits per heavy atom. The fourth-order valence-electron chi connectivity index (χ4n) is 2.63. The molecule has 3 nitrogen and oxygen atoms in total.